The molecule has 0 heterocycles. The van der Waals surface area contributed by atoms with Crippen LogP contribution in [0.25, 0.3) is 0 Å². The summed E-state index contributed by atoms with van der Waals surface area (Å²) in [5.74, 6) is 0. The van der Waals surface area contributed by atoms with Crippen LogP contribution in [0.5, 0.6) is 0 Å². The maximum atomic E-state index is 5.02. The third-order valence-corrected chi connectivity index (χ3v) is 0. The van der Waals surface area contributed by atoms with Crippen LogP contribution >= 0.6 is 26.8 Å². The van der Waals surface area contributed by atoms with Crippen LogP contribution in [0, 0.1) is 0 Å². The summed E-state index contributed by atoms with van der Waals surface area (Å²) in [5, 5.41) is 0. The molecule has 0 aliphatic carbocycles. The van der Waals surface area contributed by atoms with E-state index in [4.69, 9.17) is 26.8 Å². The van der Waals surface area contributed by atoms with Crippen LogP contribution in [0.1, 0.15) is 6.92 Å². The fraction of sp³-hybridized carbons (Fsp3) is 0.333. The van der Waals surface area contributed by atoms with E-state index in [2.05, 4.69) is 6.58 Å². The summed E-state index contributed by atoms with van der Waals surface area (Å²) in [6, 6.07) is 0. The summed E-state index contributed by atoms with van der Waals surface area (Å²) >= 11 is -2.22. The van der Waals surface area contributed by atoms with Gasteiger partial charge in [-0.05, 0) is 6.92 Å². The van der Waals surface area contributed by atoms with Crippen molar-refractivity contribution in [1.82, 2.24) is 0 Å². The van der Waals surface area contributed by atoms with Crippen LogP contribution in [0.2, 0.25) is 0 Å². The number of hydrogen-bond donors (Lipinski definition) is 0. The summed E-state index contributed by atoms with van der Waals surface area (Å²) in [6.45, 7) is 5.25. The van der Waals surface area contributed by atoms with Gasteiger partial charge in [0.1, 0.15) is 0 Å². The van der Waals surface area contributed by atoms with Gasteiger partial charge in [-0.25, -0.2) is 0 Å². The fourth-order valence-corrected chi connectivity index (χ4v) is 0. The Morgan fingerprint density at radius 3 is 1.43 bits per heavy atom. The van der Waals surface area contributed by atoms with E-state index in [9.17, 15) is 0 Å². The predicted molar refractivity (Wildman–Crippen MR) is 40.6 cm³/mol. The predicted octanol–water partition coefficient (Wildman–Crippen LogP) is 2.61. The molecule has 0 rings (SSSR count). The fourth-order valence-electron chi connectivity index (χ4n) is 0. The molecule has 0 N–H and O–H groups in total. The molecule has 0 saturated heterocycles. The van der Waals surface area contributed by atoms with E-state index in [1.807, 2.05) is 6.92 Å². The molecule has 0 spiro atoms. The molecule has 0 atom stereocenters. The SMILES string of the molecule is C=CC.[Cl][SnH]([Cl])[Cl]. The monoisotopic (exact) mass is 268 g/mol. The molecule has 44 valence electrons. The van der Waals surface area contributed by atoms with Gasteiger partial charge in [-0.1, -0.05) is 6.08 Å². The molecule has 0 bridgehead atoms. The molecule has 0 aliphatic rings. The Morgan fingerprint density at radius 2 is 1.43 bits per heavy atom. The zero-order valence-corrected chi connectivity index (χ0v) is 9.56. The van der Waals surface area contributed by atoms with Crippen LogP contribution in [0.4, 0.5) is 0 Å². The summed E-state index contributed by atoms with van der Waals surface area (Å²) in [7, 11) is 15.0. The molecule has 0 fully saturated rings. The van der Waals surface area contributed by atoms with E-state index in [1.54, 1.807) is 6.08 Å². The van der Waals surface area contributed by atoms with Gasteiger partial charge < -0.3 is 0 Å². The topological polar surface area (TPSA) is 0 Å². The van der Waals surface area contributed by atoms with Crippen molar-refractivity contribution in [3.8, 4) is 0 Å². The van der Waals surface area contributed by atoms with Crippen LogP contribution in [0.15, 0.2) is 12.7 Å². The van der Waals surface area contributed by atoms with E-state index in [0.717, 1.165) is 0 Å². The van der Waals surface area contributed by atoms with Crippen molar-refractivity contribution < 1.29 is 0 Å². The zero-order valence-electron chi connectivity index (χ0n) is 4.00. The standard InChI is InChI=1S/C3H6.3ClH.Sn.H/c1-3-2;;;;;/h3H,1H2,2H3;3*1H;;/q;;;;+3;/p-3. The third kappa shape index (κ3) is 109. The second-order valence-electron chi connectivity index (χ2n) is 0.656. The Hall–Kier alpha value is 1.41. The first-order valence-electron chi connectivity index (χ1n) is 1.64. The average molecular weight is 268 g/mol. The quantitative estimate of drug-likeness (QED) is 0.468. The van der Waals surface area contributed by atoms with Gasteiger partial charge in [-0.3, -0.25) is 0 Å². The maximum absolute atomic E-state index is 5.02. The second-order valence-corrected chi connectivity index (χ2v) is 15.3. The minimum absolute atomic E-state index is 1.75. The summed E-state index contributed by atoms with van der Waals surface area (Å²) in [6.07, 6.45) is 1.75. The summed E-state index contributed by atoms with van der Waals surface area (Å²) in [4.78, 5) is 0. The van der Waals surface area contributed by atoms with Crippen molar-refractivity contribution in [3.05, 3.63) is 12.7 Å². The average Bonchev–Trinajstić information content (AvgIpc) is 1.33. The molecule has 0 amide bonds. The van der Waals surface area contributed by atoms with E-state index >= 15 is 0 Å². The minimum atomic E-state index is -2.22. The summed E-state index contributed by atoms with van der Waals surface area (Å²) < 4.78 is 0. The van der Waals surface area contributed by atoms with Crippen LogP contribution < -0.4 is 0 Å². The van der Waals surface area contributed by atoms with Crippen molar-refractivity contribution in [1.29, 1.82) is 0 Å². The van der Waals surface area contributed by atoms with Crippen molar-refractivity contribution in [2.75, 3.05) is 0 Å². The first-order chi connectivity index (χ1) is 3.15. The number of hydrogen-bond acceptors (Lipinski definition) is 0. The molecule has 0 nitrogen and oxygen atoms in total. The normalized spacial score (nSPS) is 7.00. The number of halogens is 3. The van der Waals surface area contributed by atoms with Crippen molar-refractivity contribution in [2.24, 2.45) is 0 Å². The Kier molecular flexibility index (Phi) is 16.7. The Morgan fingerprint density at radius 1 is 1.43 bits per heavy atom. The molecule has 0 aromatic rings. The Bertz CT molecular complexity index is 34.4. The molecule has 0 aliphatic heterocycles. The van der Waals surface area contributed by atoms with Crippen LogP contribution in [-0.2, 0) is 0 Å². The molecule has 0 aromatic heterocycles. The molecule has 7 heavy (non-hydrogen) atoms. The summed E-state index contributed by atoms with van der Waals surface area (Å²) in [5.41, 5.74) is 0. The molecule has 0 unspecified atom stereocenters. The molecule has 0 aromatic carbocycles. The first kappa shape index (κ1) is 11.2. The van der Waals surface area contributed by atoms with E-state index in [-0.39, 0.29) is 0 Å². The van der Waals surface area contributed by atoms with Crippen LogP contribution in [0.3, 0.4) is 0 Å². The van der Waals surface area contributed by atoms with E-state index in [0.29, 0.717) is 0 Å². The molecule has 0 saturated carbocycles. The Labute approximate surface area is 62.3 Å². The number of rotatable bonds is 0. The van der Waals surface area contributed by atoms with E-state index in [1.165, 1.54) is 0 Å². The molecular weight excluding hydrogens is 261 g/mol. The number of allylic oxidation sites excluding steroid dienone is 1. The van der Waals surface area contributed by atoms with Crippen molar-refractivity contribution in [2.45, 2.75) is 6.92 Å². The van der Waals surface area contributed by atoms with Gasteiger partial charge in [-0.2, -0.15) is 0 Å². The Balaban J connectivity index is 0. The van der Waals surface area contributed by atoms with Gasteiger partial charge in [0, 0.05) is 0 Å². The van der Waals surface area contributed by atoms with Gasteiger partial charge in [0.05, 0.1) is 0 Å². The third-order valence-electron chi connectivity index (χ3n) is 0. The van der Waals surface area contributed by atoms with Crippen LogP contribution in [-0.4, -0.2) is 16.4 Å². The molecule has 4 heteroatoms. The van der Waals surface area contributed by atoms with Gasteiger partial charge in [0.2, 0.25) is 0 Å². The van der Waals surface area contributed by atoms with Gasteiger partial charge in [0.25, 0.3) is 0 Å². The molecule has 0 radical (unpaired) electrons. The van der Waals surface area contributed by atoms with Crippen molar-refractivity contribution in [3.63, 3.8) is 0 Å². The zero-order chi connectivity index (χ0) is 6.28. The van der Waals surface area contributed by atoms with Gasteiger partial charge >= 0.3 is 43.1 Å². The van der Waals surface area contributed by atoms with Gasteiger partial charge in [0.15, 0.2) is 0 Å². The molecular formula is C3H7Cl3Sn. The van der Waals surface area contributed by atoms with E-state index < -0.39 is 16.4 Å². The first-order valence-corrected chi connectivity index (χ1v) is 14.2. The second kappa shape index (κ2) is 10.4. The van der Waals surface area contributed by atoms with Crippen molar-refractivity contribution >= 4 is 43.1 Å². The van der Waals surface area contributed by atoms with Gasteiger partial charge in [-0.15, -0.1) is 6.58 Å².